The van der Waals surface area contributed by atoms with Crippen molar-refractivity contribution in [1.29, 1.82) is 0 Å². The Kier molecular flexibility index (Phi) is 3.18. The second kappa shape index (κ2) is 4.37. The maximum Gasteiger partial charge on any atom is 0.193 e. The summed E-state index contributed by atoms with van der Waals surface area (Å²) in [6, 6.07) is 1.16. The molecule has 0 fully saturated rings. The van der Waals surface area contributed by atoms with E-state index < -0.39 is 0 Å². The first kappa shape index (κ1) is 10.2. The van der Waals surface area contributed by atoms with Crippen LogP contribution in [0.2, 0.25) is 0 Å². The average molecular weight is 190 g/mol. The molecule has 0 aliphatic carbocycles. The maximum atomic E-state index is 11.5. The summed E-state index contributed by atoms with van der Waals surface area (Å²) in [7, 11) is 0. The van der Waals surface area contributed by atoms with Crippen LogP contribution in [0.4, 0.5) is 0 Å². The summed E-state index contributed by atoms with van der Waals surface area (Å²) in [6.07, 6.45) is 5.24. The molecule has 0 saturated carbocycles. The van der Waals surface area contributed by atoms with Crippen molar-refractivity contribution < 1.29 is 9.21 Å². The van der Waals surface area contributed by atoms with Gasteiger partial charge >= 0.3 is 0 Å². The zero-order valence-corrected chi connectivity index (χ0v) is 7.82. The van der Waals surface area contributed by atoms with Crippen LogP contribution < -0.4 is 5.43 Å². The monoisotopic (exact) mass is 190 g/mol. The number of aldehydes is 1. The zero-order chi connectivity index (χ0) is 10.6. The normalized spacial score (nSPS) is 10.4. The van der Waals surface area contributed by atoms with Crippen LogP contribution in [0, 0.1) is 0 Å². The molecule has 1 aromatic heterocycles. The highest BCUT2D eigenvalue weighted by molar-refractivity contribution is 5.72. The molecule has 72 valence electrons. The molecule has 0 spiro atoms. The van der Waals surface area contributed by atoms with Crippen LogP contribution in [-0.4, -0.2) is 6.29 Å². The van der Waals surface area contributed by atoms with Gasteiger partial charge in [0.25, 0.3) is 0 Å². The van der Waals surface area contributed by atoms with Crippen LogP contribution in [-0.2, 0) is 0 Å². The van der Waals surface area contributed by atoms with E-state index in [0.29, 0.717) is 17.6 Å². The molecule has 1 rings (SSSR count). The summed E-state index contributed by atoms with van der Waals surface area (Å²) in [5.74, 6) is 0.329. The van der Waals surface area contributed by atoms with Gasteiger partial charge in [-0.3, -0.25) is 9.59 Å². The van der Waals surface area contributed by atoms with E-state index in [9.17, 15) is 9.59 Å². The fourth-order valence-corrected chi connectivity index (χ4v) is 1.08. The molecule has 14 heavy (non-hydrogen) atoms. The van der Waals surface area contributed by atoms with E-state index in [-0.39, 0.29) is 11.2 Å². The molecule has 0 radical (unpaired) electrons. The summed E-state index contributed by atoms with van der Waals surface area (Å²) in [4.78, 5) is 21.9. The van der Waals surface area contributed by atoms with Gasteiger partial charge in [0.05, 0.1) is 5.56 Å². The molecule has 3 heteroatoms. The Bertz CT molecular complexity index is 438. The Labute approximate surface area is 81.4 Å². The molecule has 0 N–H and O–H groups in total. The van der Waals surface area contributed by atoms with E-state index in [0.717, 1.165) is 6.07 Å². The minimum absolute atomic E-state index is 0.0122. The van der Waals surface area contributed by atoms with Crippen LogP contribution in [0.25, 0.3) is 12.2 Å². The molecular formula is C11H10O3. The lowest BCUT2D eigenvalue weighted by molar-refractivity contribution is 0.109. The van der Waals surface area contributed by atoms with Crippen molar-refractivity contribution in [2.24, 2.45) is 0 Å². The molecule has 0 aliphatic heterocycles. The average Bonchev–Trinajstić information content (AvgIpc) is 2.20. The van der Waals surface area contributed by atoms with E-state index >= 15 is 0 Å². The number of hydrogen-bond acceptors (Lipinski definition) is 3. The summed E-state index contributed by atoms with van der Waals surface area (Å²) in [5, 5.41) is 0. The number of allylic oxidation sites excluding steroid dienone is 1. The lowest BCUT2D eigenvalue weighted by Gasteiger charge is -1.99. The van der Waals surface area contributed by atoms with Gasteiger partial charge in [0.15, 0.2) is 17.5 Å². The van der Waals surface area contributed by atoms with Crippen molar-refractivity contribution in [3.63, 3.8) is 0 Å². The fourth-order valence-electron chi connectivity index (χ4n) is 1.08. The lowest BCUT2D eigenvalue weighted by atomic mass is 10.2. The molecule has 1 heterocycles. The van der Waals surface area contributed by atoms with Crippen molar-refractivity contribution in [1.82, 2.24) is 0 Å². The highest BCUT2D eigenvalue weighted by Gasteiger charge is 2.05. The largest absolute Gasteiger partial charge is 0.453 e. The fraction of sp³-hybridized carbons (Fsp3) is 0.0909. The van der Waals surface area contributed by atoms with Crippen molar-refractivity contribution in [3.8, 4) is 0 Å². The Morgan fingerprint density at radius 1 is 1.50 bits per heavy atom. The number of carbonyl (C=O) groups excluding carboxylic acids is 1. The van der Waals surface area contributed by atoms with E-state index in [2.05, 4.69) is 6.58 Å². The number of carbonyl (C=O) groups is 1. The summed E-state index contributed by atoms with van der Waals surface area (Å²) < 4.78 is 5.10. The van der Waals surface area contributed by atoms with Crippen LogP contribution in [0.1, 0.15) is 28.8 Å². The van der Waals surface area contributed by atoms with Gasteiger partial charge < -0.3 is 4.42 Å². The van der Waals surface area contributed by atoms with Crippen molar-refractivity contribution in [3.05, 3.63) is 46.0 Å². The van der Waals surface area contributed by atoms with Crippen LogP contribution in [0.15, 0.2) is 27.9 Å². The van der Waals surface area contributed by atoms with Gasteiger partial charge in [0, 0.05) is 6.07 Å². The molecule has 1 aromatic rings. The Morgan fingerprint density at radius 2 is 2.21 bits per heavy atom. The minimum atomic E-state index is -0.244. The second-order valence-electron chi connectivity index (χ2n) is 2.61. The Balaban J connectivity index is 3.49. The molecular weight excluding hydrogens is 180 g/mol. The van der Waals surface area contributed by atoms with Crippen molar-refractivity contribution >= 4 is 18.4 Å². The molecule has 0 aromatic carbocycles. The summed E-state index contributed by atoms with van der Waals surface area (Å²) >= 11 is 0. The van der Waals surface area contributed by atoms with Crippen molar-refractivity contribution in [2.45, 2.75) is 6.92 Å². The molecule has 0 aliphatic rings. The first-order valence-electron chi connectivity index (χ1n) is 4.11. The number of rotatable bonds is 3. The third-order valence-electron chi connectivity index (χ3n) is 1.67. The standard InChI is InChI=1S/C11H10O3/c1-3-5-9-10(13)6-8(7-12)14-11(9)4-2/h3-7H,2H2,1H3/b5-3-. The third-order valence-corrected chi connectivity index (χ3v) is 1.67. The number of hydrogen-bond donors (Lipinski definition) is 0. The van der Waals surface area contributed by atoms with Crippen molar-refractivity contribution in [2.75, 3.05) is 0 Å². The van der Waals surface area contributed by atoms with E-state index in [4.69, 9.17) is 4.42 Å². The van der Waals surface area contributed by atoms with Crippen LogP contribution in [0.3, 0.4) is 0 Å². The molecule has 0 bridgehead atoms. The molecule has 0 atom stereocenters. The van der Waals surface area contributed by atoms with Gasteiger partial charge in [-0.2, -0.15) is 0 Å². The molecule has 0 saturated heterocycles. The second-order valence-corrected chi connectivity index (χ2v) is 2.61. The predicted molar refractivity (Wildman–Crippen MR) is 55.2 cm³/mol. The van der Waals surface area contributed by atoms with Gasteiger partial charge in [-0.25, -0.2) is 0 Å². The third kappa shape index (κ3) is 1.88. The zero-order valence-electron chi connectivity index (χ0n) is 7.82. The Morgan fingerprint density at radius 3 is 2.71 bits per heavy atom. The van der Waals surface area contributed by atoms with E-state index in [1.54, 1.807) is 19.1 Å². The minimum Gasteiger partial charge on any atom is -0.453 e. The molecule has 3 nitrogen and oxygen atoms in total. The van der Waals surface area contributed by atoms with Gasteiger partial charge in [-0.05, 0) is 13.0 Å². The molecule has 0 unspecified atom stereocenters. The van der Waals surface area contributed by atoms with E-state index in [1.807, 2.05) is 0 Å². The maximum absolute atomic E-state index is 11.5. The van der Waals surface area contributed by atoms with Gasteiger partial charge in [0.2, 0.25) is 0 Å². The van der Waals surface area contributed by atoms with Gasteiger partial charge in [0.1, 0.15) is 5.76 Å². The predicted octanol–water partition coefficient (Wildman–Crippen LogP) is 2.13. The van der Waals surface area contributed by atoms with Crippen LogP contribution >= 0.6 is 0 Å². The Hall–Kier alpha value is -1.90. The lowest BCUT2D eigenvalue weighted by Crippen LogP contribution is -2.07. The van der Waals surface area contributed by atoms with E-state index in [1.165, 1.54) is 6.08 Å². The highest BCUT2D eigenvalue weighted by Crippen LogP contribution is 2.09. The molecule has 0 amide bonds. The highest BCUT2D eigenvalue weighted by atomic mass is 16.3. The quantitative estimate of drug-likeness (QED) is 0.686. The first-order chi connectivity index (χ1) is 6.72. The van der Waals surface area contributed by atoms with Gasteiger partial charge in [-0.15, -0.1) is 0 Å². The summed E-state index contributed by atoms with van der Waals surface area (Å²) in [5.41, 5.74) is 0.166. The van der Waals surface area contributed by atoms with Gasteiger partial charge in [-0.1, -0.05) is 18.7 Å². The topological polar surface area (TPSA) is 47.3 Å². The SMILES string of the molecule is C=Cc1oc(C=O)cc(=O)c1/C=C\C. The first-order valence-corrected chi connectivity index (χ1v) is 4.11. The smallest absolute Gasteiger partial charge is 0.193 e. The summed E-state index contributed by atoms with van der Waals surface area (Å²) in [6.45, 7) is 5.30. The van der Waals surface area contributed by atoms with Crippen LogP contribution in [0.5, 0.6) is 0 Å².